The first-order valence-corrected chi connectivity index (χ1v) is 11.6. The van der Waals surface area contributed by atoms with Crippen molar-refractivity contribution in [2.75, 3.05) is 5.75 Å². The fourth-order valence-corrected chi connectivity index (χ4v) is 5.02. The summed E-state index contributed by atoms with van der Waals surface area (Å²) < 4.78 is 15.2. The van der Waals surface area contributed by atoms with E-state index in [2.05, 4.69) is 10.3 Å². The maximum absolute atomic E-state index is 13.2. The van der Waals surface area contributed by atoms with Crippen LogP contribution in [0.15, 0.2) is 52.5 Å². The number of fused-ring (bicyclic) bond motifs is 3. The third-order valence-corrected chi connectivity index (χ3v) is 6.67. The molecule has 0 bridgehead atoms. The Bertz CT molecular complexity index is 1300. The van der Waals surface area contributed by atoms with E-state index in [1.54, 1.807) is 22.9 Å². The van der Waals surface area contributed by atoms with Gasteiger partial charge in [0.05, 0.1) is 11.3 Å². The first kappa shape index (κ1) is 21.5. The number of carbonyl (C=O) groups is 1. The summed E-state index contributed by atoms with van der Waals surface area (Å²) in [4.78, 5) is 35.4. The zero-order valence-electron chi connectivity index (χ0n) is 17.1. The second-order valence-corrected chi connectivity index (χ2v) is 9.47. The number of hydrogen-bond acceptors (Lipinski definition) is 6. The third kappa shape index (κ3) is 4.77. The van der Waals surface area contributed by atoms with Crippen LogP contribution in [0.5, 0.6) is 0 Å². The van der Waals surface area contributed by atoms with Gasteiger partial charge in [0.15, 0.2) is 5.16 Å². The van der Waals surface area contributed by atoms with E-state index in [9.17, 15) is 14.0 Å². The molecular formula is C22H21FN4O2S2. The first-order chi connectivity index (χ1) is 14.9. The number of benzene rings is 1. The van der Waals surface area contributed by atoms with Crippen LogP contribution in [0.3, 0.4) is 0 Å². The summed E-state index contributed by atoms with van der Waals surface area (Å²) in [7, 11) is 0. The van der Waals surface area contributed by atoms with Crippen molar-refractivity contribution in [1.29, 1.82) is 0 Å². The van der Waals surface area contributed by atoms with Crippen molar-refractivity contribution < 1.29 is 9.18 Å². The van der Waals surface area contributed by atoms with Crippen molar-refractivity contribution in [2.45, 2.75) is 32.1 Å². The lowest BCUT2D eigenvalue weighted by Gasteiger charge is -2.14. The highest BCUT2D eigenvalue weighted by atomic mass is 32.2. The topological polar surface area (TPSA) is 76.9 Å². The van der Waals surface area contributed by atoms with Gasteiger partial charge in [-0.15, -0.1) is 11.3 Å². The van der Waals surface area contributed by atoms with Gasteiger partial charge in [-0.25, -0.2) is 14.4 Å². The second-order valence-electron chi connectivity index (χ2n) is 7.53. The molecule has 0 aliphatic carbocycles. The Hall–Kier alpha value is -2.78. The van der Waals surface area contributed by atoms with Crippen LogP contribution < -0.4 is 10.9 Å². The van der Waals surface area contributed by atoms with Gasteiger partial charge in [0.25, 0.3) is 5.56 Å². The zero-order chi connectivity index (χ0) is 22.0. The molecule has 4 rings (SSSR count). The van der Waals surface area contributed by atoms with Crippen molar-refractivity contribution in [2.24, 2.45) is 5.92 Å². The quantitative estimate of drug-likeness (QED) is 0.333. The van der Waals surface area contributed by atoms with Gasteiger partial charge in [0.1, 0.15) is 15.3 Å². The number of amides is 1. The number of nitrogens with zero attached hydrogens (tertiary/aromatic N) is 3. The highest BCUT2D eigenvalue weighted by Crippen LogP contribution is 2.30. The van der Waals surface area contributed by atoms with Gasteiger partial charge in [-0.1, -0.05) is 37.7 Å². The molecule has 1 amide bonds. The monoisotopic (exact) mass is 456 g/mol. The molecule has 3 heterocycles. The SMILES string of the molecule is CC(C)Cn1c(SCC(=O)NCc2ccc(F)cc2)nc2c(sc3ncccc32)c1=O. The molecule has 3 aromatic heterocycles. The highest BCUT2D eigenvalue weighted by Gasteiger charge is 2.18. The summed E-state index contributed by atoms with van der Waals surface area (Å²) in [6.45, 7) is 4.90. The van der Waals surface area contributed by atoms with Gasteiger partial charge < -0.3 is 5.32 Å². The van der Waals surface area contributed by atoms with E-state index < -0.39 is 0 Å². The largest absolute Gasteiger partial charge is 0.351 e. The molecule has 160 valence electrons. The first-order valence-electron chi connectivity index (χ1n) is 9.84. The molecule has 0 radical (unpaired) electrons. The summed E-state index contributed by atoms with van der Waals surface area (Å²) in [5.74, 6) is -0.128. The fraction of sp³-hybridized carbons (Fsp3) is 0.273. The third-order valence-electron chi connectivity index (χ3n) is 4.60. The Morgan fingerprint density at radius 2 is 2.03 bits per heavy atom. The fourth-order valence-electron chi connectivity index (χ4n) is 3.16. The number of nitrogens with one attached hydrogen (secondary N) is 1. The van der Waals surface area contributed by atoms with E-state index in [4.69, 9.17) is 4.98 Å². The minimum absolute atomic E-state index is 0.101. The predicted molar refractivity (Wildman–Crippen MR) is 123 cm³/mol. The summed E-state index contributed by atoms with van der Waals surface area (Å²) in [5.41, 5.74) is 1.34. The summed E-state index contributed by atoms with van der Waals surface area (Å²) in [6, 6.07) is 9.72. The molecule has 0 unspecified atom stereocenters. The van der Waals surface area contributed by atoms with E-state index in [0.717, 1.165) is 15.8 Å². The molecule has 1 aromatic carbocycles. The molecule has 0 atom stereocenters. The smallest absolute Gasteiger partial charge is 0.272 e. The number of thiophene rings is 1. The standard InChI is InChI=1S/C22H21FN4O2S2/c1-13(2)11-27-21(29)19-18(16-4-3-9-24-20(16)31-19)26-22(27)30-12-17(28)25-10-14-5-7-15(23)8-6-14/h3-9,13H,10-12H2,1-2H3,(H,25,28). The minimum atomic E-state index is -0.314. The lowest BCUT2D eigenvalue weighted by atomic mass is 10.2. The van der Waals surface area contributed by atoms with Crippen molar-refractivity contribution in [3.63, 3.8) is 0 Å². The molecule has 4 aromatic rings. The Morgan fingerprint density at radius 3 is 2.77 bits per heavy atom. The molecule has 0 spiro atoms. The Labute approximate surface area is 186 Å². The van der Waals surface area contributed by atoms with Crippen LogP contribution in [-0.4, -0.2) is 26.2 Å². The van der Waals surface area contributed by atoms with E-state index in [1.807, 2.05) is 26.0 Å². The number of pyridine rings is 1. The molecule has 6 nitrogen and oxygen atoms in total. The number of carbonyl (C=O) groups excluding carboxylic acids is 1. The maximum Gasteiger partial charge on any atom is 0.272 e. The van der Waals surface area contributed by atoms with Crippen LogP contribution >= 0.6 is 23.1 Å². The molecule has 0 fully saturated rings. The second kappa shape index (κ2) is 9.15. The molecule has 0 aliphatic rings. The van der Waals surface area contributed by atoms with Crippen LogP contribution in [0, 0.1) is 11.7 Å². The van der Waals surface area contributed by atoms with Crippen molar-refractivity contribution in [3.8, 4) is 0 Å². The lowest BCUT2D eigenvalue weighted by Crippen LogP contribution is -2.27. The van der Waals surface area contributed by atoms with Crippen LogP contribution in [0.2, 0.25) is 0 Å². The van der Waals surface area contributed by atoms with Crippen molar-refractivity contribution in [1.82, 2.24) is 19.9 Å². The number of aromatic nitrogens is 3. The number of thioether (sulfide) groups is 1. The Kier molecular flexibility index (Phi) is 6.33. The van der Waals surface area contributed by atoms with Crippen LogP contribution in [0.4, 0.5) is 4.39 Å². The van der Waals surface area contributed by atoms with Gasteiger partial charge in [0, 0.05) is 24.7 Å². The highest BCUT2D eigenvalue weighted by molar-refractivity contribution is 7.99. The average Bonchev–Trinajstić information content (AvgIpc) is 3.13. The van der Waals surface area contributed by atoms with E-state index in [-0.39, 0.29) is 29.0 Å². The van der Waals surface area contributed by atoms with E-state index >= 15 is 0 Å². The maximum atomic E-state index is 13.2. The molecular weight excluding hydrogens is 435 g/mol. The number of rotatable bonds is 7. The molecule has 9 heteroatoms. The predicted octanol–water partition coefficient (Wildman–Crippen LogP) is 4.21. The zero-order valence-corrected chi connectivity index (χ0v) is 18.7. The van der Waals surface area contributed by atoms with E-state index in [0.29, 0.717) is 28.5 Å². The lowest BCUT2D eigenvalue weighted by molar-refractivity contribution is -0.118. The van der Waals surface area contributed by atoms with Crippen molar-refractivity contribution in [3.05, 3.63) is 64.3 Å². The molecule has 1 N–H and O–H groups in total. The van der Waals surface area contributed by atoms with Crippen LogP contribution in [0.25, 0.3) is 20.4 Å². The molecule has 0 saturated carbocycles. The van der Waals surface area contributed by atoms with Gasteiger partial charge >= 0.3 is 0 Å². The molecule has 0 saturated heterocycles. The normalized spacial score (nSPS) is 11.5. The molecule has 31 heavy (non-hydrogen) atoms. The average molecular weight is 457 g/mol. The van der Waals surface area contributed by atoms with Gasteiger partial charge in [0.2, 0.25) is 5.91 Å². The summed E-state index contributed by atoms with van der Waals surface area (Å²) in [5, 5.41) is 4.19. The van der Waals surface area contributed by atoms with E-state index in [1.165, 1.54) is 35.2 Å². The molecule has 0 aliphatic heterocycles. The van der Waals surface area contributed by atoms with Gasteiger partial charge in [-0.3, -0.25) is 14.2 Å². The van der Waals surface area contributed by atoms with Crippen LogP contribution in [0.1, 0.15) is 19.4 Å². The minimum Gasteiger partial charge on any atom is -0.351 e. The summed E-state index contributed by atoms with van der Waals surface area (Å²) in [6.07, 6.45) is 1.70. The van der Waals surface area contributed by atoms with Gasteiger partial charge in [-0.05, 0) is 35.7 Å². The number of hydrogen-bond donors (Lipinski definition) is 1. The Morgan fingerprint density at radius 1 is 1.26 bits per heavy atom. The van der Waals surface area contributed by atoms with Gasteiger partial charge in [-0.2, -0.15) is 0 Å². The van der Waals surface area contributed by atoms with Crippen LogP contribution in [-0.2, 0) is 17.9 Å². The number of halogens is 1. The van der Waals surface area contributed by atoms with Crippen molar-refractivity contribution >= 4 is 49.4 Å². The summed E-state index contributed by atoms with van der Waals surface area (Å²) >= 11 is 2.59. The Balaban J connectivity index is 1.57.